The third-order valence-electron chi connectivity index (χ3n) is 4.17. The minimum Gasteiger partial charge on any atom is -0.493 e. The minimum atomic E-state index is 0.215. The van der Waals surface area contributed by atoms with E-state index in [9.17, 15) is 0 Å². The lowest BCUT2D eigenvalue weighted by Crippen LogP contribution is -2.20. The van der Waals surface area contributed by atoms with Gasteiger partial charge in [0.2, 0.25) is 0 Å². The Bertz CT molecular complexity index is 398. The molecule has 2 nitrogen and oxygen atoms in total. The summed E-state index contributed by atoms with van der Waals surface area (Å²) in [5, 5.41) is 0. The molecule has 2 N–H and O–H groups in total. The van der Waals surface area contributed by atoms with Gasteiger partial charge in [-0.2, -0.15) is 0 Å². The highest BCUT2D eigenvalue weighted by Crippen LogP contribution is 2.35. The van der Waals surface area contributed by atoms with Crippen molar-refractivity contribution in [3.8, 4) is 5.75 Å². The number of ether oxygens (including phenoxy) is 1. The van der Waals surface area contributed by atoms with Crippen LogP contribution < -0.4 is 10.5 Å². The Morgan fingerprint density at radius 1 is 1.29 bits per heavy atom. The van der Waals surface area contributed by atoms with Crippen LogP contribution in [0, 0.1) is 5.92 Å². The van der Waals surface area contributed by atoms with Gasteiger partial charge in [0.25, 0.3) is 0 Å². The lowest BCUT2D eigenvalue weighted by molar-refractivity contribution is 0.276. The van der Waals surface area contributed by atoms with Crippen molar-refractivity contribution in [2.24, 2.45) is 11.7 Å². The summed E-state index contributed by atoms with van der Waals surface area (Å²) < 4.78 is 5.63. The number of aryl methyl sites for hydroxylation is 1. The molecule has 1 atom stereocenters. The molecule has 2 aliphatic rings. The van der Waals surface area contributed by atoms with Crippen molar-refractivity contribution in [1.82, 2.24) is 0 Å². The second-order valence-corrected chi connectivity index (χ2v) is 5.46. The topological polar surface area (TPSA) is 35.2 Å². The van der Waals surface area contributed by atoms with Crippen molar-refractivity contribution in [3.05, 3.63) is 29.3 Å². The number of nitrogens with two attached hydrogens (primary N) is 1. The maximum Gasteiger partial charge on any atom is 0.122 e. The summed E-state index contributed by atoms with van der Waals surface area (Å²) in [5.41, 5.74) is 8.94. The lowest BCUT2D eigenvalue weighted by atomic mass is 9.79. The first kappa shape index (κ1) is 11.1. The van der Waals surface area contributed by atoms with Crippen LogP contribution in [0.3, 0.4) is 0 Å². The average molecular weight is 231 g/mol. The summed E-state index contributed by atoms with van der Waals surface area (Å²) >= 11 is 0. The normalized spacial score (nSPS) is 21.2. The van der Waals surface area contributed by atoms with Crippen molar-refractivity contribution in [2.45, 2.75) is 44.6 Å². The van der Waals surface area contributed by atoms with Gasteiger partial charge in [-0.3, -0.25) is 0 Å². The van der Waals surface area contributed by atoms with E-state index in [1.807, 2.05) is 0 Å². The Kier molecular flexibility index (Phi) is 3.06. The Balaban J connectivity index is 1.73. The molecule has 0 saturated heterocycles. The molecule has 92 valence electrons. The molecule has 0 spiro atoms. The van der Waals surface area contributed by atoms with Gasteiger partial charge in [0, 0.05) is 6.04 Å². The zero-order valence-electron chi connectivity index (χ0n) is 10.3. The van der Waals surface area contributed by atoms with Crippen molar-refractivity contribution in [3.63, 3.8) is 0 Å². The molecular formula is C15H21NO. The summed E-state index contributed by atoms with van der Waals surface area (Å²) in [4.78, 5) is 0. The molecule has 1 unspecified atom stereocenters. The fourth-order valence-electron chi connectivity index (χ4n) is 2.83. The molecule has 17 heavy (non-hydrogen) atoms. The summed E-state index contributed by atoms with van der Waals surface area (Å²) in [6.45, 7) is 0.862. The fourth-order valence-corrected chi connectivity index (χ4v) is 2.83. The minimum absolute atomic E-state index is 0.215. The SMILES string of the molecule is NC(CC1CCC1)c1ccc2c(c1)CCCO2. The first-order valence-electron chi connectivity index (χ1n) is 6.84. The van der Waals surface area contributed by atoms with Gasteiger partial charge >= 0.3 is 0 Å². The van der Waals surface area contributed by atoms with Gasteiger partial charge in [-0.05, 0) is 42.4 Å². The molecule has 0 aromatic heterocycles. The van der Waals surface area contributed by atoms with Crippen molar-refractivity contribution in [2.75, 3.05) is 6.61 Å². The largest absolute Gasteiger partial charge is 0.493 e. The van der Waals surface area contributed by atoms with E-state index in [0.29, 0.717) is 0 Å². The van der Waals surface area contributed by atoms with Crippen LogP contribution in [0.2, 0.25) is 0 Å². The second kappa shape index (κ2) is 4.69. The summed E-state index contributed by atoms with van der Waals surface area (Å²) in [6, 6.07) is 6.72. The monoisotopic (exact) mass is 231 g/mol. The third kappa shape index (κ3) is 2.32. The van der Waals surface area contributed by atoms with Gasteiger partial charge in [0.05, 0.1) is 6.61 Å². The Labute approximate surface area is 103 Å². The first-order valence-corrected chi connectivity index (χ1v) is 6.84. The summed E-state index contributed by atoms with van der Waals surface area (Å²) in [5.74, 6) is 1.94. The molecule has 0 radical (unpaired) electrons. The molecule has 1 aromatic rings. The van der Waals surface area contributed by atoms with Gasteiger partial charge in [-0.25, -0.2) is 0 Å². The van der Waals surface area contributed by atoms with E-state index in [1.54, 1.807) is 0 Å². The molecular weight excluding hydrogens is 210 g/mol. The highest BCUT2D eigenvalue weighted by Gasteiger charge is 2.21. The zero-order chi connectivity index (χ0) is 11.7. The van der Waals surface area contributed by atoms with Crippen molar-refractivity contribution < 1.29 is 4.74 Å². The standard InChI is InChI=1S/C15H21NO/c16-14(9-11-3-1-4-11)12-6-7-15-13(10-12)5-2-8-17-15/h6-7,10-11,14H,1-5,8-9,16H2. The van der Waals surface area contributed by atoms with Crippen LogP contribution in [0.4, 0.5) is 0 Å². The fraction of sp³-hybridized carbons (Fsp3) is 0.600. The van der Waals surface area contributed by atoms with Crippen LogP contribution in [0.5, 0.6) is 5.75 Å². The molecule has 0 bridgehead atoms. The van der Waals surface area contributed by atoms with Crippen LogP contribution in [-0.2, 0) is 6.42 Å². The van der Waals surface area contributed by atoms with E-state index in [1.165, 1.54) is 30.4 Å². The Morgan fingerprint density at radius 3 is 2.94 bits per heavy atom. The number of fused-ring (bicyclic) bond motifs is 1. The smallest absolute Gasteiger partial charge is 0.122 e. The number of benzene rings is 1. The molecule has 1 aromatic carbocycles. The molecule has 0 amide bonds. The summed E-state index contributed by atoms with van der Waals surface area (Å²) in [7, 11) is 0. The third-order valence-corrected chi connectivity index (χ3v) is 4.17. The van der Waals surface area contributed by atoms with Crippen LogP contribution in [0.15, 0.2) is 18.2 Å². The van der Waals surface area contributed by atoms with E-state index in [2.05, 4.69) is 18.2 Å². The first-order chi connectivity index (χ1) is 8.33. The van der Waals surface area contributed by atoms with Crippen molar-refractivity contribution in [1.29, 1.82) is 0 Å². The number of hydrogen-bond donors (Lipinski definition) is 1. The van der Waals surface area contributed by atoms with Crippen LogP contribution in [0.1, 0.15) is 49.3 Å². The Hall–Kier alpha value is -1.02. The molecule has 1 fully saturated rings. The van der Waals surface area contributed by atoms with Gasteiger partial charge < -0.3 is 10.5 Å². The van der Waals surface area contributed by atoms with E-state index >= 15 is 0 Å². The zero-order valence-corrected chi connectivity index (χ0v) is 10.3. The van der Waals surface area contributed by atoms with Crippen LogP contribution in [0.25, 0.3) is 0 Å². The van der Waals surface area contributed by atoms with Crippen LogP contribution >= 0.6 is 0 Å². The molecule has 1 aliphatic heterocycles. The summed E-state index contributed by atoms with van der Waals surface area (Å²) in [6.07, 6.45) is 7.58. The molecule has 1 aliphatic carbocycles. The molecule has 2 heteroatoms. The van der Waals surface area contributed by atoms with Gasteiger partial charge in [0.15, 0.2) is 0 Å². The number of hydrogen-bond acceptors (Lipinski definition) is 2. The predicted molar refractivity (Wildman–Crippen MR) is 69.1 cm³/mol. The quantitative estimate of drug-likeness (QED) is 0.867. The molecule has 3 rings (SSSR count). The van der Waals surface area contributed by atoms with E-state index < -0.39 is 0 Å². The second-order valence-electron chi connectivity index (χ2n) is 5.46. The van der Waals surface area contributed by atoms with E-state index in [4.69, 9.17) is 10.5 Å². The molecule has 1 heterocycles. The van der Waals surface area contributed by atoms with Crippen molar-refractivity contribution >= 4 is 0 Å². The van der Waals surface area contributed by atoms with Gasteiger partial charge in [-0.1, -0.05) is 31.4 Å². The lowest BCUT2D eigenvalue weighted by Gasteiger charge is -2.28. The maximum atomic E-state index is 6.30. The van der Waals surface area contributed by atoms with E-state index in [0.717, 1.165) is 37.5 Å². The average Bonchev–Trinajstić information content (AvgIpc) is 2.33. The highest BCUT2D eigenvalue weighted by molar-refractivity contribution is 5.39. The number of rotatable bonds is 3. The van der Waals surface area contributed by atoms with Gasteiger partial charge in [-0.15, -0.1) is 0 Å². The maximum absolute atomic E-state index is 6.30. The predicted octanol–water partition coefficient (Wildman–Crippen LogP) is 3.20. The van der Waals surface area contributed by atoms with Gasteiger partial charge in [0.1, 0.15) is 5.75 Å². The molecule has 1 saturated carbocycles. The Morgan fingerprint density at radius 2 is 2.18 bits per heavy atom. The van der Waals surface area contributed by atoms with E-state index in [-0.39, 0.29) is 6.04 Å². The highest BCUT2D eigenvalue weighted by atomic mass is 16.5. The van der Waals surface area contributed by atoms with Crippen LogP contribution in [-0.4, -0.2) is 6.61 Å².